The van der Waals surface area contributed by atoms with E-state index in [0.29, 0.717) is 0 Å². The number of anilines is 1. The predicted octanol–water partition coefficient (Wildman–Crippen LogP) is 2.97. The van der Waals surface area contributed by atoms with E-state index in [4.69, 9.17) is 23.2 Å². The predicted molar refractivity (Wildman–Crippen MR) is 97.8 cm³/mol. The van der Waals surface area contributed by atoms with Crippen LogP contribution in [-0.4, -0.2) is 30.1 Å². The van der Waals surface area contributed by atoms with Crippen LogP contribution >= 0.6 is 23.2 Å². The Kier molecular flexibility index (Phi) is 5.65. The van der Waals surface area contributed by atoms with E-state index in [1.807, 2.05) is 13.8 Å². The summed E-state index contributed by atoms with van der Waals surface area (Å²) in [5.41, 5.74) is 0.618. The second kappa shape index (κ2) is 7.23. The van der Waals surface area contributed by atoms with Gasteiger partial charge in [-0.3, -0.25) is 14.2 Å². The van der Waals surface area contributed by atoms with Crippen molar-refractivity contribution >= 4 is 44.8 Å². The lowest BCUT2D eigenvalue weighted by molar-refractivity contribution is 0.0943. The highest BCUT2D eigenvalue weighted by molar-refractivity contribution is 7.93. The topological polar surface area (TPSA) is 93.1 Å². The third kappa shape index (κ3) is 4.26. The van der Waals surface area contributed by atoms with Crippen molar-refractivity contribution in [3.8, 4) is 0 Å². The van der Waals surface area contributed by atoms with Gasteiger partial charge in [-0.1, -0.05) is 23.2 Å². The zero-order valence-corrected chi connectivity index (χ0v) is 16.4. The number of aromatic nitrogens is 2. The van der Waals surface area contributed by atoms with Crippen molar-refractivity contribution in [2.75, 3.05) is 4.72 Å². The summed E-state index contributed by atoms with van der Waals surface area (Å²) in [6.45, 7) is 5.18. The highest BCUT2D eigenvalue weighted by Gasteiger charge is 2.26. The number of nitrogens with one attached hydrogen (secondary N) is 2. The molecular formula is C15H18Cl2N4O3S. The molecule has 1 aromatic heterocycles. The van der Waals surface area contributed by atoms with Crippen molar-refractivity contribution in [1.29, 1.82) is 0 Å². The van der Waals surface area contributed by atoms with Crippen LogP contribution < -0.4 is 10.0 Å². The van der Waals surface area contributed by atoms with E-state index in [9.17, 15) is 13.2 Å². The lowest BCUT2D eigenvalue weighted by Gasteiger charge is -2.12. The molecule has 0 atom stereocenters. The molecule has 0 saturated heterocycles. The van der Waals surface area contributed by atoms with Crippen molar-refractivity contribution in [2.45, 2.75) is 31.7 Å². The van der Waals surface area contributed by atoms with Crippen LogP contribution in [0.3, 0.4) is 0 Å². The van der Waals surface area contributed by atoms with E-state index in [-0.39, 0.29) is 44.0 Å². The molecule has 0 saturated carbocycles. The van der Waals surface area contributed by atoms with Crippen LogP contribution in [0.15, 0.2) is 23.1 Å². The molecular weight excluding hydrogens is 387 g/mol. The number of amides is 1. The van der Waals surface area contributed by atoms with E-state index in [1.165, 1.54) is 36.9 Å². The van der Waals surface area contributed by atoms with E-state index in [2.05, 4.69) is 15.1 Å². The summed E-state index contributed by atoms with van der Waals surface area (Å²) >= 11 is 12.1. The Morgan fingerprint density at radius 3 is 2.44 bits per heavy atom. The van der Waals surface area contributed by atoms with Crippen LogP contribution in [0.4, 0.5) is 5.69 Å². The molecule has 7 nitrogen and oxygen atoms in total. The molecule has 2 N–H and O–H groups in total. The maximum absolute atomic E-state index is 12.7. The van der Waals surface area contributed by atoms with Gasteiger partial charge in [-0.25, -0.2) is 8.42 Å². The highest BCUT2D eigenvalue weighted by atomic mass is 35.5. The van der Waals surface area contributed by atoms with Crippen molar-refractivity contribution in [2.24, 2.45) is 7.05 Å². The summed E-state index contributed by atoms with van der Waals surface area (Å²) in [5, 5.41) is 6.85. The molecule has 0 aliphatic carbocycles. The van der Waals surface area contributed by atoms with Crippen LogP contribution in [-0.2, 0) is 17.1 Å². The summed E-state index contributed by atoms with van der Waals surface area (Å²) in [6, 6.07) is 4.28. The Morgan fingerprint density at radius 2 is 1.92 bits per heavy atom. The fraction of sp³-hybridized carbons (Fsp3) is 0.333. The first kappa shape index (κ1) is 19.6. The SMILES string of the molecule is Cc1nn(C)c(Cl)c1S(=O)(=O)Nc1cc(C(=O)NC(C)C)ccc1Cl. The van der Waals surface area contributed by atoms with E-state index in [1.54, 1.807) is 0 Å². The normalized spacial score (nSPS) is 11.6. The van der Waals surface area contributed by atoms with Crippen LogP contribution in [0, 0.1) is 6.92 Å². The molecule has 0 radical (unpaired) electrons. The number of rotatable bonds is 5. The first-order chi connectivity index (χ1) is 11.5. The maximum Gasteiger partial charge on any atom is 0.266 e. The first-order valence-corrected chi connectivity index (χ1v) is 9.59. The molecule has 2 aromatic rings. The van der Waals surface area contributed by atoms with Crippen molar-refractivity contribution in [1.82, 2.24) is 15.1 Å². The van der Waals surface area contributed by atoms with Crippen molar-refractivity contribution < 1.29 is 13.2 Å². The number of carbonyl (C=O) groups excluding carboxylic acids is 1. The van der Waals surface area contributed by atoms with E-state index < -0.39 is 10.0 Å². The molecule has 1 amide bonds. The van der Waals surface area contributed by atoms with E-state index in [0.717, 1.165) is 0 Å². The zero-order chi connectivity index (χ0) is 18.9. The third-order valence-corrected chi connectivity index (χ3v) is 5.65. The molecule has 2 rings (SSSR count). The average molecular weight is 405 g/mol. The number of nitrogens with zero attached hydrogens (tertiary/aromatic N) is 2. The number of benzene rings is 1. The van der Waals surface area contributed by atoms with E-state index >= 15 is 0 Å². The number of hydrogen-bond donors (Lipinski definition) is 2. The molecule has 0 unspecified atom stereocenters. The fourth-order valence-electron chi connectivity index (χ4n) is 2.20. The van der Waals surface area contributed by atoms with Crippen molar-refractivity contribution in [3.63, 3.8) is 0 Å². The van der Waals surface area contributed by atoms with Crippen LogP contribution in [0.5, 0.6) is 0 Å². The second-order valence-corrected chi connectivity index (χ2v) is 8.14. The summed E-state index contributed by atoms with van der Waals surface area (Å²) in [4.78, 5) is 12.0. The molecule has 0 spiro atoms. The second-order valence-electron chi connectivity index (χ2n) is 5.76. The molecule has 0 aliphatic heterocycles. The molecule has 1 aromatic carbocycles. The minimum Gasteiger partial charge on any atom is -0.350 e. The van der Waals surface area contributed by atoms with Gasteiger partial charge in [0, 0.05) is 18.7 Å². The Balaban J connectivity index is 2.41. The van der Waals surface area contributed by atoms with Gasteiger partial charge < -0.3 is 5.32 Å². The summed E-state index contributed by atoms with van der Waals surface area (Å²) < 4.78 is 29.0. The highest BCUT2D eigenvalue weighted by Crippen LogP contribution is 2.30. The number of halogens is 2. The largest absolute Gasteiger partial charge is 0.350 e. The van der Waals surface area contributed by atoms with Gasteiger partial charge in [-0.15, -0.1) is 0 Å². The van der Waals surface area contributed by atoms with Gasteiger partial charge >= 0.3 is 0 Å². The van der Waals surface area contributed by atoms with Gasteiger partial charge in [-0.2, -0.15) is 5.10 Å². The average Bonchev–Trinajstić information content (AvgIpc) is 2.73. The number of carbonyl (C=O) groups is 1. The summed E-state index contributed by atoms with van der Waals surface area (Å²) in [7, 11) is -2.48. The van der Waals surface area contributed by atoms with Gasteiger partial charge in [0.05, 0.1) is 16.4 Å². The number of hydrogen-bond acceptors (Lipinski definition) is 4. The van der Waals surface area contributed by atoms with Crippen LogP contribution in [0.1, 0.15) is 29.9 Å². The lowest BCUT2D eigenvalue weighted by atomic mass is 10.2. The molecule has 1 heterocycles. The Labute approximate surface area is 156 Å². The van der Waals surface area contributed by atoms with Crippen LogP contribution in [0.25, 0.3) is 0 Å². The third-order valence-electron chi connectivity index (χ3n) is 3.26. The molecule has 25 heavy (non-hydrogen) atoms. The molecule has 136 valence electrons. The molecule has 0 bridgehead atoms. The molecule has 0 fully saturated rings. The maximum atomic E-state index is 12.7. The quantitative estimate of drug-likeness (QED) is 0.800. The zero-order valence-electron chi connectivity index (χ0n) is 14.1. The minimum absolute atomic E-state index is 0.0187. The van der Waals surface area contributed by atoms with Gasteiger partial charge in [0.1, 0.15) is 10.0 Å². The number of sulfonamides is 1. The fourth-order valence-corrected chi connectivity index (χ4v) is 4.25. The van der Waals surface area contributed by atoms with Gasteiger partial charge in [0.25, 0.3) is 15.9 Å². The Hall–Kier alpha value is -1.77. The minimum atomic E-state index is -4.02. The first-order valence-electron chi connectivity index (χ1n) is 7.35. The number of aryl methyl sites for hydroxylation is 2. The van der Waals surface area contributed by atoms with Crippen LogP contribution in [0.2, 0.25) is 10.2 Å². The smallest absolute Gasteiger partial charge is 0.266 e. The van der Waals surface area contributed by atoms with Gasteiger partial charge in [0.2, 0.25) is 0 Å². The molecule has 10 heteroatoms. The summed E-state index contributed by atoms with van der Waals surface area (Å²) in [5.74, 6) is -0.331. The molecule has 0 aliphatic rings. The standard InChI is InChI=1S/C15H18Cl2N4O3S/c1-8(2)18-15(22)10-5-6-11(16)12(7-10)20-25(23,24)13-9(3)19-21(4)14(13)17/h5-8,20H,1-4H3,(H,18,22). The Morgan fingerprint density at radius 1 is 1.28 bits per heavy atom. The summed E-state index contributed by atoms with van der Waals surface area (Å²) in [6.07, 6.45) is 0. The lowest BCUT2D eigenvalue weighted by Crippen LogP contribution is -2.30. The van der Waals surface area contributed by atoms with Gasteiger partial charge in [-0.05, 0) is 39.0 Å². The Bertz CT molecular complexity index is 923. The van der Waals surface area contributed by atoms with Gasteiger partial charge in [0.15, 0.2) is 0 Å². The van der Waals surface area contributed by atoms with Crippen molar-refractivity contribution in [3.05, 3.63) is 39.6 Å². The monoisotopic (exact) mass is 404 g/mol.